The SMILES string of the molecule is CCCCCCCCC(CC)C(CC)(CCCCC)CCCCC. The molecule has 0 aromatic heterocycles. The maximum absolute atomic E-state index is 2.49. The monoisotopic (exact) mass is 338 g/mol. The van der Waals surface area contributed by atoms with E-state index in [1.165, 1.54) is 109 Å². The molecule has 0 bridgehead atoms. The second-order valence-electron chi connectivity index (χ2n) is 8.29. The van der Waals surface area contributed by atoms with E-state index >= 15 is 0 Å². The van der Waals surface area contributed by atoms with Gasteiger partial charge in [-0.15, -0.1) is 0 Å². The van der Waals surface area contributed by atoms with E-state index in [4.69, 9.17) is 0 Å². The van der Waals surface area contributed by atoms with Gasteiger partial charge in [0.05, 0.1) is 0 Å². The number of hydrogen-bond donors (Lipinski definition) is 0. The van der Waals surface area contributed by atoms with E-state index in [1.54, 1.807) is 0 Å². The minimum absolute atomic E-state index is 0.655. The van der Waals surface area contributed by atoms with Gasteiger partial charge < -0.3 is 0 Å². The van der Waals surface area contributed by atoms with Gasteiger partial charge in [-0.25, -0.2) is 0 Å². The summed E-state index contributed by atoms with van der Waals surface area (Å²) in [5, 5.41) is 0. The van der Waals surface area contributed by atoms with Crippen molar-refractivity contribution in [2.45, 2.75) is 144 Å². The van der Waals surface area contributed by atoms with Crippen LogP contribution in [0.3, 0.4) is 0 Å². The highest BCUT2D eigenvalue weighted by atomic mass is 14.4. The van der Waals surface area contributed by atoms with Gasteiger partial charge in [-0.05, 0) is 30.6 Å². The van der Waals surface area contributed by atoms with Gasteiger partial charge in [-0.3, -0.25) is 0 Å². The van der Waals surface area contributed by atoms with E-state index in [-0.39, 0.29) is 0 Å². The molecule has 0 aromatic carbocycles. The first-order chi connectivity index (χ1) is 11.7. The van der Waals surface area contributed by atoms with Crippen molar-refractivity contribution < 1.29 is 0 Å². The van der Waals surface area contributed by atoms with Crippen LogP contribution in [0.2, 0.25) is 0 Å². The molecule has 146 valence electrons. The minimum atomic E-state index is 0.655. The van der Waals surface area contributed by atoms with Crippen molar-refractivity contribution in [3.63, 3.8) is 0 Å². The average Bonchev–Trinajstić information content (AvgIpc) is 2.60. The first kappa shape index (κ1) is 24.0. The van der Waals surface area contributed by atoms with Gasteiger partial charge in [-0.1, -0.05) is 125 Å². The van der Waals surface area contributed by atoms with Crippen LogP contribution >= 0.6 is 0 Å². The normalized spacial score (nSPS) is 13.4. The summed E-state index contributed by atoms with van der Waals surface area (Å²) < 4.78 is 0. The van der Waals surface area contributed by atoms with Crippen LogP contribution in [0.4, 0.5) is 0 Å². The molecule has 0 saturated carbocycles. The van der Waals surface area contributed by atoms with Gasteiger partial charge in [-0.2, -0.15) is 0 Å². The molecule has 0 heterocycles. The highest BCUT2D eigenvalue weighted by molar-refractivity contribution is 4.85. The Bertz CT molecular complexity index is 232. The Hall–Kier alpha value is 0. The van der Waals surface area contributed by atoms with Crippen LogP contribution in [0.15, 0.2) is 0 Å². The van der Waals surface area contributed by atoms with Crippen LogP contribution in [0.25, 0.3) is 0 Å². The van der Waals surface area contributed by atoms with Gasteiger partial charge in [0.2, 0.25) is 0 Å². The lowest BCUT2D eigenvalue weighted by Gasteiger charge is -2.41. The topological polar surface area (TPSA) is 0 Å². The predicted molar refractivity (Wildman–Crippen MR) is 113 cm³/mol. The molecule has 1 atom stereocenters. The molecule has 1 unspecified atom stereocenters. The zero-order chi connectivity index (χ0) is 18.1. The van der Waals surface area contributed by atoms with Crippen LogP contribution < -0.4 is 0 Å². The summed E-state index contributed by atoms with van der Waals surface area (Å²) in [5.41, 5.74) is 0.655. The zero-order valence-corrected chi connectivity index (χ0v) is 18.1. The van der Waals surface area contributed by atoms with Gasteiger partial charge >= 0.3 is 0 Å². The maximum Gasteiger partial charge on any atom is -0.0272 e. The highest BCUT2D eigenvalue weighted by Crippen LogP contribution is 2.46. The Morgan fingerprint density at radius 1 is 0.542 bits per heavy atom. The molecule has 0 amide bonds. The van der Waals surface area contributed by atoms with Gasteiger partial charge in [0.25, 0.3) is 0 Å². The molecule has 0 N–H and O–H groups in total. The van der Waals surface area contributed by atoms with E-state index in [2.05, 4.69) is 34.6 Å². The van der Waals surface area contributed by atoms with Crippen molar-refractivity contribution in [2.75, 3.05) is 0 Å². The molecular weight excluding hydrogens is 288 g/mol. The molecule has 0 aliphatic rings. The standard InChI is InChI=1S/C24H50/c1-6-11-14-15-16-17-20-23(9-4)24(10-5,21-18-12-7-2)22-19-13-8-3/h23H,6-22H2,1-5H3. The maximum atomic E-state index is 2.49. The fraction of sp³-hybridized carbons (Fsp3) is 1.00. The van der Waals surface area contributed by atoms with E-state index in [0.717, 1.165) is 5.92 Å². The summed E-state index contributed by atoms with van der Waals surface area (Å²) in [6.07, 6.45) is 24.5. The minimum Gasteiger partial charge on any atom is -0.0654 e. The van der Waals surface area contributed by atoms with Gasteiger partial charge in [0.15, 0.2) is 0 Å². The Kier molecular flexibility index (Phi) is 16.5. The molecule has 0 fully saturated rings. The van der Waals surface area contributed by atoms with Crippen LogP contribution in [-0.2, 0) is 0 Å². The van der Waals surface area contributed by atoms with Gasteiger partial charge in [0, 0.05) is 0 Å². The Morgan fingerprint density at radius 3 is 1.46 bits per heavy atom. The number of unbranched alkanes of at least 4 members (excludes halogenated alkanes) is 9. The van der Waals surface area contributed by atoms with E-state index in [1.807, 2.05) is 0 Å². The summed E-state index contributed by atoms with van der Waals surface area (Å²) in [7, 11) is 0. The first-order valence-electron chi connectivity index (χ1n) is 11.7. The smallest absolute Gasteiger partial charge is 0.0272 e. The van der Waals surface area contributed by atoms with Crippen molar-refractivity contribution in [3.8, 4) is 0 Å². The fourth-order valence-corrected chi connectivity index (χ4v) is 4.74. The predicted octanol–water partition coefficient (Wildman–Crippen LogP) is 9.32. The molecular formula is C24H50. The molecule has 0 rings (SSSR count). The lowest BCUT2D eigenvalue weighted by Crippen LogP contribution is -2.30. The molecule has 0 heteroatoms. The largest absolute Gasteiger partial charge is 0.0654 e. The molecule has 0 spiro atoms. The molecule has 24 heavy (non-hydrogen) atoms. The second-order valence-corrected chi connectivity index (χ2v) is 8.29. The van der Waals surface area contributed by atoms with E-state index in [9.17, 15) is 0 Å². The third kappa shape index (κ3) is 10.1. The summed E-state index contributed by atoms with van der Waals surface area (Å²) in [4.78, 5) is 0. The molecule has 0 aliphatic heterocycles. The molecule has 0 radical (unpaired) electrons. The van der Waals surface area contributed by atoms with Crippen LogP contribution in [0, 0.1) is 11.3 Å². The van der Waals surface area contributed by atoms with Crippen LogP contribution in [0.1, 0.15) is 144 Å². The fourth-order valence-electron chi connectivity index (χ4n) is 4.74. The second kappa shape index (κ2) is 16.5. The van der Waals surface area contributed by atoms with Crippen LogP contribution in [0.5, 0.6) is 0 Å². The van der Waals surface area contributed by atoms with Crippen molar-refractivity contribution in [3.05, 3.63) is 0 Å². The average molecular weight is 339 g/mol. The van der Waals surface area contributed by atoms with Crippen molar-refractivity contribution in [1.82, 2.24) is 0 Å². The molecule has 0 aromatic rings. The van der Waals surface area contributed by atoms with Gasteiger partial charge in [0.1, 0.15) is 0 Å². The summed E-state index contributed by atoms with van der Waals surface area (Å²) in [5.74, 6) is 0.974. The van der Waals surface area contributed by atoms with Crippen molar-refractivity contribution >= 4 is 0 Å². The first-order valence-corrected chi connectivity index (χ1v) is 11.7. The summed E-state index contributed by atoms with van der Waals surface area (Å²) >= 11 is 0. The zero-order valence-electron chi connectivity index (χ0n) is 18.1. The highest BCUT2D eigenvalue weighted by Gasteiger charge is 2.34. The van der Waals surface area contributed by atoms with Crippen LogP contribution in [-0.4, -0.2) is 0 Å². The van der Waals surface area contributed by atoms with E-state index < -0.39 is 0 Å². The Labute approximate surface area is 155 Å². The van der Waals surface area contributed by atoms with Crippen molar-refractivity contribution in [2.24, 2.45) is 11.3 Å². The Morgan fingerprint density at radius 2 is 1.00 bits per heavy atom. The molecule has 0 aliphatic carbocycles. The quantitative estimate of drug-likeness (QED) is 0.218. The molecule has 0 saturated heterocycles. The lowest BCUT2D eigenvalue weighted by molar-refractivity contribution is 0.0974. The lowest BCUT2D eigenvalue weighted by atomic mass is 9.64. The molecule has 0 nitrogen and oxygen atoms in total. The summed E-state index contributed by atoms with van der Waals surface area (Å²) in [6.45, 7) is 12.0. The number of rotatable bonds is 18. The number of hydrogen-bond acceptors (Lipinski definition) is 0. The van der Waals surface area contributed by atoms with E-state index in [0.29, 0.717) is 5.41 Å². The Balaban J connectivity index is 4.57. The van der Waals surface area contributed by atoms with Crippen molar-refractivity contribution in [1.29, 1.82) is 0 Å². The third-order valence-electron chi connectivity index (χ3n) is 6.53. The third-order valence-corrected chi connectivity index (χ3v) is 6.53. The summed E-state index contributed by atoms with van der Waals surface area (Å²) in [6, 6.07) is 0.